The van der Waals surface area contributed by atoms with Crippen LogP contribution < -0.4 is 9.13 Å². The van der Waals surface area contributed by atoms with Gasteiger partial charge in [-0.05, 0) is 60.2 Å². The highest BCUT2D eigenvalue weighted by Crippen LogP contribution is 2.60. The lowest BCUT2D eigenvalue weighted by atomic mass is 9.85. The van der Waals surface area contributed by atoms with Gasteiger partial charge in [-0.25, -0.2) is 4.57 Å². The Balaban J connectivity index is 1.42. The van der Waals surface area contributed by atoms with Gasteiger partial charge in [0.15, 0.2) is 0 Å². The first-order chi connectivity index (χ1) is 21.9. The summed E-state index contributed by atoms with van der Waals surface area (Å²) in [5.41, 5.74) is 10.6. The SMILES string of the molecule is c1ccc(-c2ccc[n+]3c2-n2c4ccccc4c4ccc5[n+](c42)C32c3c(ccc4c6ccccc6n-5c34)C3CCCC32)cc1. The molecule has 1 spiro atoms. The Labute approximate surface area is 253 Å². The molecule has 0 N–H and O–H groups in total. The lowest BCUT2D eigenvalue weighted by molar-refractivity contribution is -0.981. The Kier molecular flexibility index (Phi) is 3.70. The maximum absolute atomic E-state index is 2.79. The van der Waals surface area contributed by atoms with Gasteiger partial charge in [0.25, 0.3) is 11.5 Å². The fourth-order valence-corrected chi connectivity index (χ4v) is 10.2. The van der Waals surface area contributed by atoms with E-state index >= 15 is 0 Å². The summed E-state index contributed by atoms with van der Waals surface area (Å²) in [5, 5.41) is 5.35. The number of hydrogen-bond donors (Lipinski definition) is 0. The molecule has 1 fully saturated rings. The molecule has 4 aromatic heterocycles. The third-order valence-corrected chi connectivity index (χ3v) is 11.6. The van der Waals surface area contributed by atoms with Gasteiger partial charge >= 0.3 is 0 Å². The molecule has 4 aromatic carbocycles. The molecule has 8 aromatic rings. The number of hydrogen-bond acceptors (Lipinski definition) is 0. The normalized spacial score (nSPS) is 21.9. The summed E-state index contributed by atoms with van der Waals surface area (Å²) >= 11 is 0. The largest absolute Gasteiger partial charge is 0.272 e. The van der Waals surface area contributed by atoms with Crippen molar-refractivity contribution in [3.05, 3.63) is 133 Å². The highest BCUT2D eigenvalue weighted by atomic mass is 15.4. The van der Waals surface area contributed by atoms with E-state index in [1.54, 1.807) is 5.56 Å². The Bertz CT molecular complexity index is 2600. The van der Waals surface area contributed by atoms with Crippen molar-refractivity contribution in [3.63, 3.8) is 0 Å². The Morgan fingerprint density at radius 2 is 1.39 bits per heavy atom. The zero-order valence-electron chi connectivity index (χ0n) is 24.1. The number of aromatic nitrogens is 4. The van der Waals surface area contributed by atoms with Crippen LogP contribution in [0.4, 0.5) is 0 Å². The molecule has 1 saturated carbocycles. The van der Waals surface area contributed by atoms with E-state index in [4.69, 9.17) is 0 Å². The maximum atomic E-state index is 2.79. The molecule has 206 valence electrons. The van der Waals surface area contributed by atoms with Gasteiger partial charge in [-0.2, -0.15) is 13.7 Å². The predicted octanol–water partition coefficient (Wildman–Crippen LogP) is 7.90. The fraction of sp³-hybridized carbons (Fsp3) is 0.150. The second kappa shape index (κ2) is 7.28. The average Bonchev–Trinajstić information content (AvgIpc) is 3.84. The van der Waals surface area contributed by atoms with Crippen LogP contribution in [0.3, 0.4) is 0 Å². The van der Waals surface area contributed by atoms with Crippen LogP contribution in [0.5, 0.6) is 0 Å². The molecule has 3 unspecified atom stereocenters. The molecule has 4 aliphatic rings. The number of benzene rings is 4. The molecule has 0 radical (unpaired) electrons. The van der Waals surface area contributed by atoms with Gasteiger partial charge in [-0.15, -0.1) is 0 Å². The van der Waals surface area contributed by atoms with Gasteiger partial charge in [0.2, 0.25) is 11.5 Å². The van der Waals surface area contributed by atoms with Gasteiger partial charge < -0.3 is 0 Å². The summed E-state index contributed by atoms with van der Waals surface area (Å²) in [4.78, 5) is 0. The van der Waals surface area contributed by atoms with Crippen molar-refractivity contribution in [1.29, 1.82) is 0 Å². The molecule has 12 rings (SSSR count). The topological polar surface area (TPSA) is 17.6 Å². The highest BCUT2D eigenvalue weighted by Gasteiger charge is 2.68. The summed E-state index contributed by atoms with van der Waals surface area (Å²) in [6.45, 7) is 0. The molecule has 4 heteroatoms. The van der Waals surface area contributed by atoms with Gasteiger partial charge in [0, 0.05) is 28.1 Å². The van der Waals surface area contributed by atoms with Gasteiger partial charge in [-0.1, -0.05) is 85.3 Å². The molecule has 4 nitrogen and oxygen atoms in total. The van der Waals surface area contributed by atoms with Crippen LogP contribution >= 0.6 is 0 Å². The van der Waals surface area contributed by atoms with Gasteiger partial charge in [0.05, 0.1) is 22.7 Å². The minimum absolute atomic E-state index is 0.347. The van der Waals surface area contributed by atoms with Crippen LogP contribution in [0.25, 0.3) is 66.5 Å². The molecular weight excluding hydrogens is 536 g/mol. The van der Waals surface area contributed by atoms with Crippen molar-refractivity contribution in [2.24, 2.45) is 5.92 Å². The van der Waals surface area contributed by atoms with Crippen LogP contribution in [0.2, 0.25) is 0 Å². The van der Waals surface area contributed by atoms with Gasteiger partial charge in [0.1, 0.15) is 16.6 Å². The summed E-state index contributed by atoms with van der Waals surface area (Å²) < 4.78 is 10.7. The Morgan fingerprint density at radius 3 is 2.25 bits per heavy atom. The van der Waals surface area contributed by atoms with Crippen LogP contribution in [-0.4, -0.2) is 9.13 Å². The first kappa shape index (κ1) is 22.3. The quantitative estimate of drug-likeness (QED) is 0.181. The molecule has 0 bridgehead atoms. The van der Waals surface area contributed by atoms with E-state index in [0.29, 0.717) is 11.8 Å². The number of para-hydroxylation sites is 2. The van der Waals surface area contributed by atoms with Crippen molar-refractivity contribution in [2.45, 2.75) is 30.8 Å². The molecule has 0 amide bonds. The van der Waals surface area contributed by atoms with Crippen molar-refractivity contribution in [1.82, 2.24) is 9.13 Å². The van der Waals surface area contributed by atoms with Crippen molar-refractivity contribution >= 4 is 43.7 Å². The maximum Gasteiger partial charge on any atom is 0.272 e. The summed E-state index contributed by atoms with van der Waals surface area (Å²) in [6.07, 6.45) is 6.16. The zero-order valence-corrected chi connectivity index (χ0v) is 24.1. The van der Waals surface area contributed by atoms with Crippen LogP contribution in [-0.2, 0) is 5.66 Å². The van der Waals surface area contributed by atoms with Crippen molar-refractivity contribution in [3.8, 4) is 22.8 Å². The van der Waals surface area contributed by atoms with Crippen LogP contribution in [0.15, 0.2) is 121 Å². The van der Waals surface area contributed by atoms with E-state index in [9.17, 15) is 0 Å². The van der Waals surface area contributed by atoms with Crippen molar-refractivity contribution in [2.75, 3.05) is 0 Å². The smallest absolute Gasteiger partial charge is 0.224 e. The Morgan fingerprint density at radius 1 is 0.636 bits per heavy atom. The van der Waals surface area contributed by atoms with Crippen molar-refractivity contribution < 1.29 is 9.13 Å². The van der Waals surface area contributed by atoms with E-state index in [1.165, 1.54) is 91.3 Å². The minimum atomic E-state index is -0.347. The van der Waals surface area contributed by atoms with E-state index < -0.39 is 0 Å². The summed E-state index contributed by atoms with van der Waals surface area (Å²) in [6, 6.07) is 43.4. The minimum Gasteiger partial charge on any atom is -0.224 e. The Hall–Kier alpha value is -5.22. The van der Waals surface area contributed by atoms with Crippen LogP contribution in [0, 0.1) is 5.92 Å². The summed E-state index contributed by atoms with van der Waals surface area (Å²) in [5.74, 6) is 3.58. The number of nitrogens with zero attached hydrogens (tertiary/aromatic N) is 4. The standard InChI is InChI=1S/C40H28N4/c1-2-10-24(11-3-1)25-15-9-23-41-38(25)43-34-18-7-5-13-28(34)31-21-22-35-42-33-17-6-4-12-27(33)30-20-19-29-26-14-8-16-32(26)40(41,36(29)37(30)42)44(35)39(31)43/h1-7,9-13,15,17-23,26,32H,8,14,16H2/q+2. The molecular formula is C40H28N4+2. The molecule has 0 saturated heterocycles. The summed E-state index contributed by atoms with van der Waals surface area (Å²) in [7, 11) is 0. The second-order valence-corrected chi connectivity index (χ2v) is 13.2. The molecule has 44 heavy (non-hydrogen) atoms. The third kappa shape index (κ3) is 2.19. The fourth-order valence-electron chi connectivity index (χ4n) is 10.2. The zero-order chi connectivity index (χ0) is 28.3. The van der Waals surface area contributed by atoms with E-state index in [2.05, 4.69) is 140 Å². The van der Waals surface area contributed by atoms with Crippen LogP contribution in [0.1, 0.15) is 36.3 Å². The molecule has 3 atom stereocenters. The predicted molar refractivity (Wildman–Crippen MR) is 174 cm³/mol. The first-order valence-electron chi connectivity index (χ1n) is 16.0. The third-order valence-electron chi connectivity index (χ3n) is 11.6. The average molecular weight is 565 g/mol. The first-order valence-corrected chi connectivity index (χ1v) is 16.0. The van der Waals surface area contributed by atoms with Gasteiger partial charge in [-0.3, -0.25) is 0 Å². The highest BCUT2D eigenvalue weighted by molar-refractivity contribution is 6.12. The molecule has 6 heterocycles. The van der Waals surface area contributed by atoms with E-state index in [0.717, 1.165) is 0 Å². The molecule has 2 aliphatic heterocycles. The second-order valence-electron chi connectivity index (χ2n) is 13.2. The number of rotatable bonds is 1. The monoisotopic (exact) mass is 564 g/mol. The van der Waals surface area contributed by atoms with E-state index in [1.807, 2.05) is 0 Å². The lowest BCUT2D eigenvalue weighted by Gasteiger charge is -2.41. The number of pyridine rings is 2. The lowest BCUT2D eigenvalue weighted by Crippen LogP contribution is -2.81. The number of fused-ring (bicyclic) bond motifs is 11. The molecule has 2 aliphatic carbocycles. The van der Waals surface area contributed by atoms with E-state index in [-0.39, 0.29) is 5.66 Å².